The summed E-state index contributed by atoms with van der Waals surface area (Å²) in [7, 11) is 0. The van der Waals surface area contributed by atoms with Gasteiger partial charge in [0.2, 0.25) is 0 Å². The van der Waals surface area contributed by atoms with Crippen LogP contribution in [0.4, 0.5) is 18.9 Å². The number of nitrogens with zero attached hydrogens (tertiary/aromatic N) is 3. The molecule has 0 bridgehead atoms. The number of aromatic nitrogens is 2. The minimum atomic E-state index is -1.35. The third-order valence-corrected chi connectivity index (χ3v) is 6.56. The summed E-state index contributed by atoms with van der Waals surface area (Å²) in [6.45, 7) is 3.53. The zero-order chi connectivity index (χ0) is 24.1. The Kier molecular flexibility index (Phi) is 5.28. The van der Waals surface area contributed by atoms with Crippen molar-refractivity contribution in [1.29, 1.82) is 0 Å². The van der Waals surface area contributed by atoms with Crippen molar-refractivity contribution in [3.63, 3.8) is 0 Å². The number of hydrogen-bond donors (Lipinski definition) is 1. The van der Waals surface area contributed by atoms with E-state index in [-0.39, 0.29) is 32.2 Å². The summed E-state index contributed by atoms with van der Waals surface area (Å²) in [5.41, 5.74) is 3.45. The largest absolute Gasteiger partial charge is 0.489 e. The van der Waals surface area contributed by atoms with Crippen molar-refractivity contribution in [2.24, 2.45) is 0 Å². The van der Waals surface area contributed by atoms with E-state index in [4.69, 9.17) is 4.74 Å². The second-order valence-corrected chi connectivity index (χ2v) is 8.67. The minimum absolute atomic E-state index is 0.00863. The molecule has 0 aliphatic carbocycles. The Balaban J connectivity index is 1.61. The molecule has 3 heterocycles. The molecule has 0 spiro atoms. The van der Waals surface area contributed by atoms with E-state index < -0.39 is 29.1 Å². The number of benzene rings is 2. The first-order chi connectivity index (χ1) is 16.3. The van der Waals surface area contributed by atoms with Gasteiger partial charge in [0.05, 0.1) is 17.9 Å². The smallest absolute Gasteiger partial charge is 0.282 e. The molecule has 2 aromatic carbocycles. The third kappa shape index (κ3) is 3.48. The Hall–Kier alpha value is -3.86. The van der Waals surface area contributed by atoms with E-state index in [1.807, 2.05) is 6.07 Å². The Bertz CT molecular complexity index is 1480. The van der Waals surface area contributed by atoms with Gasteiger partial charge in [0, 0.05) is 24.1 Å². The molecule has 11 heteroatoms. The summed E-state index contributed by atoms with van der Waals surface area (Å²) in [6.07, 6.45) is 0. The number of hydrazine groups is 1. The number of carbonyl (C=O) groups is 2. The molecule has 1 amide bonds. The number of carbonyl (C=O) groups excluding carboxylic acids is 2. The van der Waals surface area contributed by atoms with Gasteiger partial charge in [0.25, 0.3) is 5.91 Å². The summed E-state index contributed by atoms with van der Waals surface area (Å²) in [5.74, 6) is -3.97. The quantitative estimate of drug-likeness (QED) is 0.339. The maximum Gasteiger partial charge on any atom is 0.282 e. The molecule has 0 saturated carbocycles. The van der Waals surface area contributed by atoms with Crippen LogP contribution in [0.1, 0.15) is 32.8 Å². The maximum atomic E-state index is 14.6. The van der Waals surface area contributed by atoms with E-state index in [1.54, 1.807) is 23.2 Å². The highest BCUT2D eigenvalue weighted by atomic mass is 32.1. The van der Waals surface area contributed by atoms with E-state index >= 15 is 0 Å². The minimum Gasteiger partial charge on any atom is -0.489 e. The monoisotopic (exact) mass is 486 g/mol. The van der Waals surface area contributed by atoms with Crippen LogP contribution in [0.15, 0.2) is 36.4 Å². The van der Waals surface area contributed by atoms with Crippen LogP contribution in [0.25, 0.3) is 16.0 Å². The number of para-hydroxylation sites is 2. The molecule has 174 valence electrons. The number of thiazole rings is 1. The van der Waals surface area contributed by atoms with Crippen LogP contribution in [0.5, 0.6) is 5.75 Å². The fraction of sp³-hybridized carbons (Fsp3) is 0.174. The number of aryl methyl sites for hydroxylation is 1. The van der Waals surface area contributed by atoms with Crippen LogP contribution in [-0.4, -0.2) is 34.5 Å². The van der Waals surface area contributed by atoms with Crippen molar-refractivity contribution >= 4 is 33.5 Å². The summed E-state index contributed by atoms with van der Waals surface area (Å²) in [5, 5.41) is 5.89. The lowest BCUT2D eigenvalue weighted by atomic mass is 10.1. The molecule has 5 rings (SSSR count). The highest BCUT2D eigenvalue weighted by Gasteiger charge is 2.29. The lowest BCUT2D eigenvalue weighted by Gasteiger charge is -2.31. The normalized spacial score (nSPS) is 13.0. The van der Waals surface area contributed by atoms with Crippen LogP contribution < -0.4 is 15.2 Å². The van der Waals surface area contributed by atoms with Gasteiger partial charge in [-0.15, -0.1) is 11.3 Å². The Labute approximate surface area is 195 Å². The van der Waals surface area contributed by atoms with Crippen LogP contribution in [0, 0.1) is 24.4 Å². The summed E-state index contributed by atoms with van der Waals surface area (Å²) in [4.78, 5) is 26.0. The Morgan fingerprint density at radius 3 is 2.71 bits per heavy atom. The van der Waals surface area contributed by atoms with Gasteiger partial charge in [-0.2, -0.15) is 5.10 Å². The van der Waals surface area contributed by atoms with E-state index in [9.17, 15) is 22.8 Å². The van der Waals surface area contributed by atoms with Crippen molar-refractivity contribution in [3.8, 4) is 16.9 Å². The average molecular weight is 486 g/mol. The highest BCUT2D eigenvalue weighted by molar-refractivity contribution is 7.20. The fourth-order valence-electron chi connectivity index (χ4n) is 3.96. The average Bonchev–Trinajstić information content (AvgIpc) is 3.31. The molecule has 0 unspecified atom stereocenters. The second kappa shape index (κ2) is 8.17. The van der Waals surface area contributed by atoms with Crippen molar-refractivity contribution in [2.45, 2.75) is 13.8 Å². The lowest BCUT2D eigenvalue weighted by Crippen LogP contribution is -2.46. The van der Waals surface area contributed by atoms with E-state index in [0.717, 1.165) is 17.4 Å². The van der Waals surface area contributed by atoms with Crippen molar-refractivity contribution in [3.05, 3.63) is 70.1 Å². The number of halogens is 3. The van der Waals surface area contributed by atoms with Crippen LogP contribution in [-0.2, 0) is 0 Å². The molecule has 1 N–H and O–H groups in total. The van der Waals surface area contributed by atoms with Gasteiger partial charge in [0.1, 0.15) is 33.6 Å². The number of anilines is 1. The molecule has 1 aliphatic rings. The lowest BCUT2D eigenvalue weighted by molar-refractivity contribution is 0.0933. The molecular formula is C23H17F3N4O3S. The van der Waals surface area contributed by atoms with Gasteiger partial charge in [-0.25, -0.2) is 17.7 Å². The number of fused-ring (bicyclic) bond motifs is 2. The first-order valence-electron chi connectivity index (χ1n) is 10.2. The molecule has 0 radical (unpaired) electrons. The first-order valence-corrected chi connectivity index (χ1v) is 11.1. The molecule has 1 aliphatic heterocycles. The van der Waals surface area contributed by atoms with Gasteiger partial charge in [-0.3, -0.25) is 20.0 Å². The number of ether oxygens (including phenoxy) is 1. The number of hydrogen-bond acceptors (Lipinski definition) is 6. The number of Topliss-reactive ketones (excluding diaryl/α,β-unsaturated/α-hetero) is 1. The maximum absolute atomic E-state index is 14.6. The van der Waals surface area contributed by atoms with Crippen molar-refractivity contribution in [2.75, 3.05) is 18.2 Å². The number of amides is 1. The van der Waals surface area contributed by atoms with E-state index in [1.165, 1.54) is 18.4 Å². The number of rotatable bonds is 4. The molecule has 2 aromatic heterocycles. The van der Waals surface area contributed by atoms with Gasteiger partial charge in [-0.1, -0.05) is 12.1 Å². The summed E-state index contributed by atoms with van der Waals surface area (Å²) in [6, 6.07) is 8.47. The first kappa shape index (κ1) is 22.0. The summed E-state index contributed by atoms with van der Waals surface area (Å²) >= 11 is 0.891. The molecule has 4 aromatic rings. The SMILES string of the molecule is CC(=O)c1c(C(=O)NN2CCOc3ccccc32)sc2c(-c3cc(F)cc(F)c3F)c(C)nn12. The van der Waals surface area contributed by atoms with Crippen molar-refractivity contribution in [1.82, 2.24) is 15.0 Å². The molecule has 0 fully saturated rings. The molecular weight excluding hydrogens is 469 g/mol. The number of ketones is 1. The summed E-state index contributed by atoms with van der Waals surface area (Å²) < 4.78 is 49.2. The second-order valence-electron chi connectivity index (χ2n) is 7.67. The van der Waals surface area contributed by atoms with Crippen molar-refractivity contribution < 1.29 is 27.5 Å². The van der Waals surface area contributed by atoms with Crippen LogP contribution in [0.3, 0.4) is 0 Å². The third-order valence-electron chi connectivity index (χ3n) is 5.41. The van der Waals surface area contributed by atoms with E-state index in [2.05, 4.69) is 10.5 Å². The molecule has 34 heavy (non-hydrogen) atoms. The molecule has 0 atom stereocenters. The topological polar surface area (TPSA) is 75.9 Å². The Morgan fingerprint density at radius 2 is 1.94 bits per heavy atom. The zero-order valence-electron chi connectivity index (χ0n) is 18.0. The zero-order valence-corrected chi connectivity index (χ0v) is 18.8. The van der Waals surface area contributed by atoms with Gasteiger partial charge in [-0.05, 0) is 25.1 Å². The highest BCUT2D eigenvalue weighted by Crippen LogP contribution is 2.38. The van der Waals surface area contributed by atoms with Crippen LogP contribution in [0.2, 0.25) is 0 Å². The fourth-order valence-corrected chi connectivity index (χ4v) is 5.20. The van der Waals surface area contributed by atoms with Crippen LogP contribution >= 0.6 is 11.3 Å². The standard InChI is InChI=1S/C23H17F3N4O3S/c1-11-18(14-9-13(24)10-15(25)19(14)26)23-30(27-11)20(12(2)31)21(34-23)22(32)28-29-7-8-33-17-6-4-3-5-16(17)29/h3-6,9-10H,7-8H2,1-2H3,(H,28,32). The van der Waals surface area contributed by atoms with Gasteiger partial charge < -0.3 is 4.74 Å². The Morgan fingerprint density at radius 1 is 1.18 bits per heavy atom. The predicted octanol–water partition coefficient (Wildman–Crippen LogP) is 4.53. The molecule has 0 saturated heterocycles. The van der Waals surface area contributed by atoms with Gasteiger partial charge in [0.15, 0.2) is 17.4 Å². The van der Waals surface area contributed by atoms with Gasteiger partial charge >= 0.3 is 0 Å². The molecule has 7 nitrogen and oxygen atoms in total. The van der Waals surface area contributed by atoms with E-state index in [0.29, 0.717) is 30.7 Å². The number of nitrogens with one attached hydrogen (secondary N) is 1. The predicted molar refractivity (Wildman–Crippen MR) is 120 cm³/mol.